The van der Waals surface area contributed by atoms with Gasteiger partial charge in [0.25, 0.3) is 0 Å². The smallest absolute Gasteiger partial charge is 0.305 e. The monoisotopic (exact) mass is 210 g/mol. The lowest BCUT2D eigenvalue weighted by Gasteiger charge is -2.02. The number of halogens is 1. The summed E-state index contributed by atoms with van der Waals surface area (Å²) in [6, 6.07) is 0. The van der Waals surface area contributed by atoms with Crippen LogP contribution in [0.1, 0.15) is 13.3 Å². The zero-order valence-corrected chi connectivity index (χ0v) is 7.43. The van der Waals surface area contributed by atoms with Crippen LogP contribution in [0.25, 0.3) is 0 Å². The highest BCUT2D eigenvalue weighted by Crippen LogP contribution is 1.97. The molecule has 0 aliphatic heterocycles. The number of aliphatic carboxylic acids is 1. The van der Waals surface area contributed by atoms with Gasteiger partial charge in [0.05, 0.1) is 19.6 Å². The molecule has 1 unspecified atom stereocenters. The van der Waals surface area contributed by atoms with Crippen molar-refractivity contribution in [3.05, 3.63) is 0 Å². The van der Waals surface area contributed by atoms with Gasteiger partial charge in [-0.25, -0.2) is 0 Å². The normalized spacial score (nSPS) is 13.0. The first-order chi connectivity index (χ1) is 4.63. The first-order valence-corrected chi connectivity index (χ1v) is 3.98. The summed E-state index contributed by atoms with van der Waals surface area (Å²) in [7, 11) is 0. The molecule has 0 bridgehead atoms. The Kier molecular flexibility index (Phi) is 5.63. The first kappa shape index (κ1) is 9.91. The quantitative estimate of drug-likeness (QED) is 0.550. The van der Waals surface area contributed by atoms with E-state index in [0.29, 0.717) is 18.0 Å². The topological polar surface area (TPSA) is 46.5 Å². The van der Waals surface area contributed by atoms with Crippen LogP contribution in [0.2, 0.25) is 0 Å². The van der Waals surface area contributed by atoms with Gasteiger partial charge in [-0.1, -0.05) is 22.9 Å². The molecule has 1 atom stereocenters. The predicted octanol–water partition coefficient (Wildman–Crippen LogP) is 1.26. The van der Waals surface area contributed by atoms with Crippen molar-refractivity contribution in [2.24, 2.45) is 0 Å². The van der Waals surface area contributed by atoms with Crippen LogP contribution >= 0.6 is 15.9 Å². The molecule has 1 N–H and O–H groups in total. The lowest BCUT2D eigenvalue weighted by atomic mass is 10.4. The SMILES string of the molecule is CC(Br)COCCC(=O)O. The summed E-state index contributed by atoms with van der Waals surface area (Å²) in [5, 5.41) is 8.19. The molecule has 0 aliphatic rings. The van der Waals surface area contributed by atoms with Crippen LogP contribution in [0.3, 0.4) is 0 Å². The van der Waals surface area contributed by atoms with Gasteiger partial charge in [0.1, 0.15) is 0 Å². The van der Waals surface area contributed by atoms with E-state index in [-0.39, 0.29) is 6.42 Å². The van der Waals surface area contributed by atoms with Crippen LogP contribution in [0, 0.1) is 0 Å². The minimum atomic E-state index is -0.817. The molecule has 0 aromatic carbocycles. The largest absolute Gasteiger partial charge is 0.481 e. The molecule has 3 nitrogen and oxygen atoms in total. The number of carboxylic acid groups (broad SMARTS) is 1. The molecular formula is C6H11BrO3. The second-order valence-corrected chi connectivity index (χ2v) is 3.56. The Bertz CT molecular complexity index is 103. The Hall–Kier alpha value is -0.0900. The van der Waals surface area contributed by atoms with Gasteiger partial charge in [0.2, 0.25) is 0 Å². The number of carboxylic acids is 1. The molecule has 0 heterocycles. The summed E-state index contributed by atoms with van der Waals surface area (Å²) in [6.45, 7) is 2.80. The average molecular weight is 211 g/mol. The Balaban J connectivity index is 2.98. The second-order valence-electron chi connectivity index (χ2n) is 2.00. The maximum absolute atomic E-state index is 9.95. The van der Waals surface area contributed by atoms with Crippen molar-refractivity contribution in [2.45, 2.75) is 18.2 Å². The molecule has 0 fully saturated rings. The number of hydrogen-bond donors (Lipinski definition) is 1. The van der Waals surface area contributed by atoms with Gasteiger partial charge in [-0.3, -0.25) is 4.79 Å². The summed E-state index contributed by atoms with van der Waals surface area (Å²) in [6.07, 6.45) is 0.0831. The van der Waals surface area contributed by atoms with Crippen LogP contribution in [-0.4, -0.2) is 29.1 Å². The van der Waals surface area contributed by atoms with Crippen molar-refractivity contribution < 1.29 is 14.6 Å². The maximum Gasteiger partial charge on any atom is 0.305 e. The minimum Gasteiger partial charge on any atom is -0.481 e. The molecule has 0 aromatic rings. The van der Waals surface area contributed by atoms with Gasteiger partial charge in [-0.2, -0.15) is 0 Å². The fourth-order valence-corrected chi connectivity index (χ4v) is 0.592. The van der Waals surface area contributed by atoms with Gasteiger partial charge in [0, 0.05) is 4.83 Å². The maximum atomic E-state index is 9.95. The fourth-order valence-electron chi connectivity index (χ4n) is 0.405. The second kappa shape index (κ2) is 5.68. The number of hydrogen-bond acceptors (Lipinski definition) is 2. The van der Waals surface area contributed by atoms with Crippen molar-refractivity contribution in [2.75, 3.05) is 13.2 Å². The summed E-state index contributed by atoms with van der Waals surface area (Å²) in [4.78, 5) is 10.2. The van der Waals surface area contributed by atoms with Gasteiger partial charge >= 0.3 is 5.97 Å². The van der Waals surface area contributed by atoms with Crippen LogP contribution in [0.15, 0.2) is 0 Å². The third-order valence-electron chi connectivity index (χ3n) is 0.808. The molecular weight excluding hydrogens is 200 g/mol. The highest BCUT2D eigenvalue weighted by Gasteiger charge is 1.98. The lowest BCUT2D eigenvalue weighted by Crippen LogP contribution is -2.08. The van der Waals surface area contributed by atoms with Crippen LogP contribution < -0.4 is 0 Å². The van der Waals surface area contributed by atoms with E-state index < -0.39 is 5.97 Å². The van der Waals surface area contributed by atoms with Gasteiger partial charge in [0.15, 0.2) is 0 Å². The molecule has 0 aliphatic carbocycles. The molecule has 10 heavy (non-hydrogen) atoms. The van der Waals surface area contributed by atoms with E-state index in [4.69, 9.17) is 9.84 Å². The van der Waals surface area contributed by atoms with Crippen molar-refractivity contribution in [1.82, 2.24) is 0 Å². The summed E-state index contributed by atoms with van der Waals surface area (Å²) in [5.41, 5.74) is 0. The highest BCUT2D eigenvalue weighted by molar-refractivity contribution is 9.09. The Morgan fingerprint density at radius 1 is 1.80 bits per heavy atom. The summed E-state index contributed by atoms with van der Waals surface area (Å²) in [5.74, 6) is -0.817. The summed E-state index contributed by atoms with van der Waals surface area (Å²) < 4.78 is 4.98. The van der Waals surface area contributed by atoms with Gasteiger partial charge in [-0.05, 0) is 0 Å². The van der Waals surface area contributed by atoms with E-state index in [9.17, 15) is 4.79 Å². The minimum absolute atomic E-state index is 0.0831. The molecule has 0 spiro atoms. The summed E-state index contributed by atoms with van der Waals surface area (Å²) >= 11 is 3.27. The molecule has 0 radical (unpaired) electrons. The third kappa shape index (κ3) is 7.91. The molecule has 0 amide bonds. The van der Waals surface area contributed by atoms with Gasteiger partial charge < -0.3 is 9.84 Å². The molecule has 0 saturated heterocycles. The standard InChI is InChI=1S/C6H11BrO3/c1-5(7)4-10-3-2-6(8)9/h5H,2-4H2,1H3,(H,8,9). The predicted molar refractivity (Wildman–Crippen MR) is 41.5 cm³/mol. The number of alkyl halides is 1. The molecule has 0 aromatic heterocycles. The molecule has 0 saturated carbocycles. The van der Waals surface area contributed by atoms with Crippen molar-refractivity contribution in [1.29, 1.82) is 0 Å². The number of rotatable bonds is 5. The van der Waals surface area contributed by atoms with E-state index >= 15 is 0 Å². The first-order valence-electron chi connectivity index (χ1n) is 3.06. The van der Waals surface area contributed by atoms with Crippen molar-refractivity contribution in [3.8, 4) is 0 Å². The zero-order chi connectivity index (χ0) is 7.98. The van der Waals surface area contributed by atoms with E-state index in [1.54, 1.807) is 0 Å². The Labute approximate surface area is 68.5 Å². The van der Waals surface area contributed by atoms with Gasteiger partial charge in [-0.15, -0.1) is 0 Å². The van der Waals surface area contributed by atoms with E-state index in [1.165, 1.54) is 0 Å². The molecule has 0 rings (SSSR count). The van der Waals surface area contributed by atoms with Crippen LogP contribution in [-0.2, 0) is 9.53 Å². The zero-order valence-electron chi connectivity index (χ0n) is 5.84. The Morgan fingerprint density at radius 2 is 2.40 bits per heavy atom. The number of carbonyl (C=O) groups is 1. The van der Waals surface area contributed by atoms with Crippen molar-refractivity contribution >= 4 is 21.9 Å². The lowest BCUT2D eigenvalue weighted by molar-refractivity contribution is -0.138. The third-order valence-corrected chi connectivity index (χ3v) is 1.07. The van der Waals surface area contributed by atoms with E-state index in [1.807, 2.05) is 6.92 Å². The average Bonchev–Trinajstić information content (AvgIpc) is 1.79. The van der Waals surface area contributed by atoms with Crippen molar-refractivity contribution in [3.63, 3.8) is 0 Å². The number of ether oxygens (including phenoxy) is 1. The Morgan fingerprint density at radius 3 is 2.80 bits per heavy atom. The van der Waals surface area contributed by atoms with Crippen LogP contribution in [0.4, 0.5) is 0 Å². The van der Waals surface area contributed by atoms with E-state index in [0.717, 1.165) is 0 Å². The molecule has 4 heteroatoms. The highest BCUT2D eigenvalue weighted by atomic mass is 79.9. The molecule has 60 valence electrons. The van der Waals surface area contributed by atoms with E-state index in [2.05, 4.69) is 15.9 Å². The fraction of sp³-hybridized carbons (Fsp3) is 0.833. The van der Waals surface area contributed by atoms with Crippen LogP contribution in [0.5, 0.6) is 0 Å².